The third kappa shape index (κ3) is 4.30. The lowest BCUT2D eigenvalue weighted by Crippen LogP contribution is -2.44. The van der Waals surface area contributed by atoms with Gasteiger partial charge in [-0.25, -0.2) is 8.78 Å². The van der Waals surface area contributed by atoms with Crippen LogP contribution in [0.1, 0.15) is 57.8 Å². The minimum atomic E-state index is -2.58. The molecular weight excluding hydrogens is 272 g/mol. The van der Waals surface area contributed by atoms with Gasteiger partial charge in [-0.15, -0.1) is 11.6 Å². The molecule has 0 saturated heterocycles. The lowest BCUT2D eigenvalue weighted by molar-refractivity contribution is -0.129. The Labute approximate surface area is 118 Å². The first kappa shape index (κ1) is 15.0. The molecule has 5 heteroatoms. The molecule has 0 radical (unpaired) electrons. The highest BCUT2D eigenvalue weighted by Gasteiger charge is 2.38. The largest absolute Gasteiger partial charge is 0.352 e. The number of carbonyl (C=O) groups is 1. The van der Waals surface area contributed by atoms with Gasteiger partial charge in [-0.05, 0) is 25.7 Å². The molecule has 2 fully saturated rings. The van der Waals surface area contributed by atoms with Crippen LogP contribution in [-0.2, 0) is 4.79 Å². The van der Waals surface area contributed by atoms with Gasteiger partial charge in [-0.2, -0.15) is 0 Å². The maximum absolute atomic E-state index is 13.1. The highest BCUT2D eigenvalue weighted by molar-refractivity contribution is 6.21. The van der Waals surface area contributed by atoms with Crippen molar-refractivity contribution in [2.24, 2.45) is 5.92 Å². The Hall–Kier alpha value is -0.380. The number of amides is 1. The zero-order valence-corrected chi connectivity index (χ0v) is 11.9. The van der Waals surface area contributed by atoms with E-state index in [0.29, 0.717) is 12.8 Å². The van der Waals surface area contributed by atoms with E-state index in [-0.39, 0.29) is 36.1 Å². The van der Waals surface area contributed by atoms with Gasteiger partial charge in [0.25, 0.3) is 0 Å². The van der Waals surface area contributed by atoms with Crippen molar-refractivity contribution < 1.29 is 13.6 Å². The average Bonchev–Trinajstić information content (AvgIpc) is 2.55. The van der Waals surface area contributed by atoms with E-state index in [1.807, 2.05) is 0 Å². The molecule has 0 aromatic rings. The lowest BCUT2D eigenvalue weighted by atomic mass is 9.86. The monoisotopic (exact) mass is 293 g/mol. The van der Waals surface area contributed by atoms with Gasteiger partial charge < -0.3 is 5.32 Å². The molecule has 19 heavy (non-hydrogen) atoms. The normalized spacial score (nSPS) is 32.6. The third-order valence-electron chi connectivity index (χ3n) is 4.35. The van der Waals surface area contributed by atoms with Crippen molar-refractivity contribution in [1.29, 1.82) is 0 Å². The second kappa shape index (κ2) is 6.38. The number of alkyl halides is 3. The number of halogens is 3. The Bertz CT molecular complexity index is 315. The van der Waals surface area contributed by atoms with E-state index >= 15 is 0 Å². The van der Waals surface area contributed by atoms with Crippen LogP contribution in [0.2, 0.25) is 0 Å². The molecule has 2 atom stereocenters. The summed E-state index contributed by atoms with van der Waals surface area (Å²) in [6.45, 7) is 0. The summed E-state index contributed by atoms with van der Waals surface area (Å²) < 4.78 is 26.1. The van der Waals surface area contributed by atoms with Crippen LogP contribution in [0, 0.1) is 5.92 Å². The quantitative estimate of drug-likeness (QED) is 0.608. The number of rotatable bonds is 2. The molecule has 110 valence electrons. The van der Waals surface area contributed by atoms with Crippen LogP contribution in [0.3, 0.4) is 0 Å². The van der Waals surface area contributed by atoms with Crippen molar-refractivity contribution in [3.63, 3.8) is 0 Å². The van der Waals surface area contributed by atoms with Crippen molar-refractivity contribution in [2.45, 2.75) is 75.1 Å². The summed E-state index contributed by atoms with van der Waals surface area (Å²) in [5, 5.41) is 2.97. The number of carbonyl (C=O) groups excluding carboxylic acids is 1. The smallest absolute Gasteiger partial charge is 0.248 e. The first-order valence-electron chi connectivity index (χ1n) is 7.30. The van der Waals surface area contributed by atoms with Gasteiger partial charge in [0.1, 0.15) is 0 Å². The molecule has 0 aromatic heterocycles. The zero-order valence-electron chi connectivity index (χ0n) is 11.1. The molecule has 2 saturated carbocycles. The van der Waals surface area contributed by atoms with Crippen LogP contribution in [0.5, 0.6) is 0 Å². The summed E-state index contributed by atoms with van der Waals surface area (Å²) in [7, 11) is 0. The van der Waals surface area contributed by atoms with Crippen LogP contribution in [0.25, 0.3) is 0 Å². The third-order valence-corrected chi connectivity index (χ3v) is 4.87. The van der Waals surface area contributed by atoms with Crippen molar-refractivity contribution in [2.75, 3.05) is 0 Å². The van der Waals surface area contributed by atoms with Crippen LogP contribution in [0.4, 0.5) is 8.78 Å². The van der Waals surface area contributed by atoms with Gasteiger partial charge >= 0.3 is 0 Å². The van der Waals surface area contributed by atoms with Gasteiger partial charge in [0.15, 0.2) is 0 Å². The zero-order chi connectivity index (χ0) is 13.9. The number of hydrogen-bond donors (Lipinski definition) is 1. The molecule has 0 spiro atoms. The standard InChI is InChI=1S/C14H22ClF2NO/c15-11-4-2-1-3-5-12(11)18-13(19)10-6-8-14(16,17)9-7-10/h10-12H,1-9H2,(H,18,19). The Morgan fingerprint density at radius 3 is 2.37 bits per heavy atom. The van der Waals surface area contributed by atoms with E-state index in [1.165, 1.54) is 0 Å². The topological polar surface area (TPSA) is 29.1 Å². The van der Waals surface area contributed by atoms with Gasteiger partial charge in [-0.3, -0.25) is 4.79 Å². The number of hydrogen-bond acceptors (Lipinski definition) is 1. The molecule has 0 aromatic carbocycles. The van der Waals surface area contributed by atoms with Crippen LogP contribution >= 0.6 is 11.6 Å². The molecule has 2 rings (SSSR count). The molecule has 1 N–H and O–H groups in total. The van der Waals surface area contributed by atoms with E-state index in [2.05, 4.69) is 5.32 Å². The maximum Gasteiger partial charge on any atom is 0.248 e. The van der Waals surface area contributed by atoms with Crippen molar-refractivity contribution >= 4 is 17.5 Å². The summed E-state index contributed by atoms with van der Waals surface area (Å²) in [4.78, 5) is 12.1. The molecule has 0 aliphatic heterocycles. The first-order chi connectivity index (χ1) is 8.98. The SMILES string of the molecule is O=C(NC1CCCCCC1Cl)C1CCC(F)(F)CC1. The molecular formula is C14H22ClF2NO. The molecule has 2 aliphatic rings. The van der Waals surface area contributed by atoms with Crippen LogP contribution in [0.15, 0.2) is 0 Å². The summed E-state index contributed by atoms with van der Waals surface area (Å²) in [5.74, 6) is -2.91. The molecule has 2 aliphatic carbocycles. The summed E-state index contributed by atoms with van der Waals surface area (Å²) in [6, 6.07) is 0.0131. The Morgan fingerprint density at radius 2 is 1.68 bits per heavy atom. The minimum absolute atomic E-state index is 0.0131. The Balaban J connectivity index is 1.83. The Morgan fingerprint density at radius 1 is 1.05 bits per heavy atom. The Kier molecular flexibility index (Phi) is 5.04. The van der Waals surface area contributed by atoms with Gasteiger partial charge in [-0.1, -0.05) is 19.3 Å². The van der Waals surface area contributed by atoms with Crippen molar-refractivity contribution in [3.8, 4) is 0 Å². The van der Waals surface area contributed by atoms with E-state index in [9.17, 15) is 13.6 Å². The van der Waals surface area contributed by atoms with Crippen molar-refractivity contribution in [3.05, 3.63) is 0 Å². The van der Waals surface area contributed by atoms with Crippen LogP contribution < -0.4 is 5.32 Å². The summed E-state index contributed by atoms with van der Waals surface area (Å²) >= 11 is 6.28. The fourth-order valence-corrected chi connectivity index (χ4v) is 3.37. The lowest BCUT2D eigenvalue weighted by Gasteiger charge is -2.29. The predicted octanol–water partition coefficient (Wildman–Crippen LogP) is 3.87. The molecule has 0 heterocycles. The van der Waals surface area contributed by atoms with E-state index in [0.717, 1.165) is 32.1 Å². The van der Waals surface area contributed by atoms with Crippen molar-refractivity contribution in [1.82, 2.24) is 5.32 Å². The minimum Gasteiger partial charge on any atom is -0.352 e. The maximum atomic E-state index is 13.1. The highest BCUT2D eigenvalue weighted by atomic mass is 35.5. The second-order valence-corrected chi connectivity index (χ2v) is 6.46. The molecule has 0 bridgehead atoms. The second-order valence-electron chi connectivity index (χ2n) is 5.90. The molecule has 1 amide bonds. The van der Waals surface area contributed by atoms with Crippen LogP contribution in [-0.4, -0.2) is 23.2 Å². The number of nitrogens with one attached hydrogen (secondary N) is 1. The first-order valence-corrected chi connectivity index (χ1v) is 7.74. The average molecular weight is 294 g/mol. The molecule has 2 unspecified atom stereocenters. The highest BCUT2D eigenvalue weighted by Crippen LogP contribution is 2.36. The van der Waals surface area contributed by atoms with E-state index in [1.54, 1.807) is 0 Å². The van der Waals surface area contributed by atoms with Gasteiger partial charge in [0.2, 0.25) is 11.8 Å². The summed E-state index contributed by atoms with van der Waals surface area (Å²) in [5.41, 5.74) is 0. The molecule has 2 nitrogen and oxygen atoms in total. The van der Waals surface area contributed by atoms with Gasteiger partial charge in [0, 0.05) is 24.8 Å². The predicted molar refractivity (Wildman–Crippen MR) is 71.6 cm³/mol. The summed E-state index contributed by atoms with van der Waals surface area (Å²) in [6.07, 6.45) is 5.42. The van der Waals surface area contributed by atoms with E-state index < -0.39 is 5.92 Å². The van der Waals surface area contributed by atoms with E-state index in [4.69, 9.17) is 11.6 Å². The fourth-order valence-electron chi connectivity index (χ4n) is 3.03. The van der Waals surface area contributed by atoms with Gasteiger partial charge in [0.05, 0.1) is 5.38 Å². The fraction of sp³-hybridized carbons (Fsp3) is 0.929.